The summed E-state index contributed by atoms with van der Waals surface area (Å²) < 4.78 is 14.6. The summed E-state index contributed by atoms with van der Waals surface area (Å²) >= 11 is 0. The molecule has 1 aromatic heterocycles. The highest BCUT2D eigenvalue weighted by atomic mass is 19.1. The first-order valence-corrected chi connectivity index (χ1v) is 5.80. The maximum absolute atomic E-state index is 13.0. The van der Waals surface area contributed by atoms with E-state index in [1.54, 1.807) is 43.3 Å². The van der Waals surface area contributed by atoms with Gasteiger partial charge in [0.2, 0.25) is 0 Å². The first-order chi connectivity index (χ1) is 9.04. The molecule has 0 fully saturated rings. The van der Waals surface area contributed by atoms with Gasteiger partial charge in [-0.1, -0.05) is 12.1 Å². The van der Waals surface area contributed by atoms with Crippen molar-refractivity contribution in [2.24, 2.45) is 7.05 Å². The van der Waals surface area contributed by atoms with Crippen molar-refractivity contribution in [3.63, 3.8) is 0 Å². The van der Waals surface area contributed by atoms with E-state index in [1.807, 2.05) is 0 Å². The minimum Gasteiger partial charge on any atom is -0.323 e. The highest BCUT2D eigenvalue weighted by molar-refractivity contribution is 5.88. The van der Waals surface area contributed by atoms with Crippen molar-refractivity contribution >= 4 is 11.7 Å². The lowest BCUT2D eigenvalue weighted by Crippen LogP contribution is -2.30. The lowest BCUT2D eigenvalue weighted by molar-refractivity contribution is 0.220. The molecule has 0 aliphatic heterocycles. The number of halogens is 1. The largest absolute Gasteiger partial charge is 0.323 e. The summed E-state index contributed by atoms with van der Waals surface area (Å²) in [6, 6.07) is 5.92. The van der Waals surface area contributed by atoms with E-state index in [0.717, 1.165) is 5.56 Å². The Balaban J connectivity index is 1.96. The summed E-state index contributed by atoms with van der Waals surface area (Å²) in [6.07, 6.45) is 3.27. The van der Waals surface area contributed by atoms with Crippen LogP contribution in [0, 0.1) is 5.82 Å². The monoisotopic (exact) mass is 262 g/mol. The summed E-state index contributed by atoms with van der Waals surface area (Å²) in [5.41, 5.74) is 1.36. The van der Waals surface area contributed by atoms with Crippen LogP contribution in [0.25, 0.3) is 0 Å². The van der Waals surface area contributed by atoms with Crippen LogP contribution in [0.5, 0.6) is 0 Å². The van der Waals surface area contributed by atoms with Gasteiger partial charge in [-0.25, -0.2) is 9.18 Å². The number of hydrogen-bond acceptors (Lipinski definition) is 2. The molecule has 1 heterocycles. The van der Waals surface area contributed by atoms with Crippen molar-refractivity contribution < 1.29 is 9.18 Å². The van der Waals surface area contributed by atoms with Crippen molar-refractivity contribution in [3.8, 4) is 0 Å². The van der Waals surface area contributed by atoms with Gasteiger partial charge in [-0.3, -0.25) is 4.68 Å². The molecule has 19 heavy (non-hydrogen) atoms. The number of amides is 2. The van der Waals surface area contributed by atoms with Crippen LogP contribution >= 0.6 is 0 Å². The van der Waals surface area contributed by atoms with E-state index in [4.69, 9.17) is 0 Å². The fourth-order valence-electron chi connectivity index (χ4n) is 1.69. The van der Waals surface area contributed by atoms with Gasteiger partial charge in [0.1, 0.15) is 5.82 Å². The molecule has 1 aromatic carbocycles. The number of anilines is 1. The van der Waals surface area contributed by atoms with E-state index in [2.05, 4.69) is 10.4 Å². The fraction of sp³-hybridized carbons (Fsp3) is 0.231. The molecule has 0 spiro atoms. The van der Waals surface area contributed by atoms with Crippen LogP contribution in [0.2, 0.25) is 0 Å². The third-order valence-electron chi connectivity index (χ3n) is 2.61. The van der Waals surface area contributed by atoms with Gasteiger partial charge >= 0.3 is 6.03 Å². The highest BCUT2D eigenvalue weighted by Crippen LogP contribution is 2.09. The maximum Gasteiger partial charge on any atom is 0.321 e. The van der Waals surface area contributed by atoms with Gasteiger partial charge in [0.25, 0.3) is 0 Å². The van der Waals surface area contributed by atoms with Gasteiger partial charge in [0.15, 0.2) is 0 Å². The maximum atomic E-state index is 13.0. The van der Waals surface area contributed by atoms with E-state index >= 15 is 0 Å². The number of carbonyl (C=O) groups is 1. The van der Waals surface area contributed by atoms with Crippen LogP contribution in [-0.4, -0.2) is 27.8 Å². The molecule has 2 amide bonds. The summed E-state index contributed by atoms with van der Waals surface area (Å²) in [6.45, 7) is 0.337. The fourth-order valence-corrected chi connectivity index (χ4v) is 1.69. The van der Waals surface area contributed by atoms with Crippen molar-refractivity contribution in [2.45, 2.75) is 6.54 Å². The Morgan fingerprint density at radius 3 is 2.95 bits per heavy atom. The molecule has 0 radical (unpaired) electrons. The lowest BCUT2D eigenvalue weighted by atomic mass is 10.2. The van der Waals surface area contributed by atoms with Crippen molar-refractivity contribution in [1.29, 1.82) is 0 Å². The van der Waals surface area contributed by atoms with Crippen LogP contribution in [0.3, 0.4) is 0 Å². The minimum absolute atomic E-state index is 0.266. The molecular weight excluding hydrogens is 247 g/mol. The average molecular weight is 262 g/mol. The Kier molecular flexibility index (Phi) is 3.79. The van der Waals surface area contributed by atoms with Crippen LogP contribution < -0.4 is 5.32 Å². The zero-order valence-electron chi connectivity index (χ0n) is 10.8. The molecule has 100 valence electrons. The number of benzene rings is 1. The van der Waals surface area contributed by atoms with Crippen LogP contribution in [0.15, 0.2) is 36.7 Å². The van der Waals surface area contributed by atoms with Crippen molar-refractivity contribution in [3.05, 3.63) is 48.0 Å². The number of aryl methyl sites for hydroxylation is 1. The third kappa shape index (κ3) is 3.54. The van der Waals surface area contributed by atoms with Gasteiger partial charge in [0, 0.05) is 26.8 Å². The summed E-state index contributed by atoms with van der Waals surface area (Å²) in [5.74, 6) is -0.307. The normalized spacial score (nSPS) is 10.3. The van der Waals surface area contributed by atoms with Gasteiger partial charge in [0.05, 0.1) is 11.9 Å². The van der Waals surface area contributed by atoms with Crippen molar-refractivity contribution in [2.75, 3.05) is 12.4 Å². The summed E-state index contributed by atoms with van der Waals surface area (Å²) in [7, 11) is 3.42. The molecule has 2 rings (SSSR count). The van der Waals surface area contributed by atoms with Gasteiger partial charge < -0.3 is 10.2 Å². The predicted molar refractivity (Wildman–Crippen MR) is 70.1 cm³/mol. The van der Waals surface area contributed by atoms with Gasteiger partial charge in [-0.15, -0.1) is 0 Å². The zero-order valence-corrected chi connectivity index (χ0v) is 10.8. The second kappa shape index (κ2) is 5.51. The Morgan fingerprint density at radius 1 is 1.53 bits per heavy atom. The molecule has 1 N–H and O–H groups in total. The second-order valence-corrected chi connectivity index (χ2v) is 4.32. The average Bonchev–Trinajstić information content (AvgIpc) is 2.74. The number of nitrogens with one attached hydrogen (secondary N) is 1. The Labute approximate surface area is 110 Å². The van der Waals surface area contributed by atoms with Crippen molar-refractivity contribution in [1.82, 2.24) is 14.7 Å². The first-order valence-electron chi connectivity index (χ1n) is 5.80. The molecule has 0 unspecified atom stereocenters. The van der Waals surface area contributed by atoms with E-state index in [-0.39, 0.29) is 11.8 Å². The Bertz CT molecular complexity index is 582. The SMILES string of the molecule is CN(Cc1cccc(F)c1)C(=O)Nc1cnn(C)c1. The standard InChI is InChI=1S/C13H15FN4O/c1-17(8-10-4-3-5-11(14)6-10)13(19)16-12-7-15-18(2)9-12/h3-7,9H,8H2,1-2H3,(H,16,19). The third-order valence-corrected chi connectivity index (χ3v) is 2.61. The number of nitrogens with zero attached hydrogens (tertiary/aromatic N) is 3. The molecule has 0 saturated carbocycles. The number of rotatable bonds is 3. The first kappa shape index (κ1) is 13.1. The zero-order chi connectivity index (χ0) is 13.8. The van der Waals surface area contributed by atoms with Gasteiger partial charge in [-0.05, 0) is 17.7 Å². The molecule has 6 heteroatoms. The number of carbonyl (C=O) groups excluding carboxylic acids is 1. The molecule has 2 aromatic rings. The van der Waals surface area contributed by atoms with Crippen LogP contribution in [0.1, 0.15) is 5.56 Å². The molecule has 0 aliphatic carbocycles. The molecule has 5 nitrogen and oxygen atoms in total. The molecule has 0 bridgehead atoms. The molecule has 0 atom stereocenters. The van der Waals surface area contributed by atoms with Crippen LogP contribution in [-0.2, 0) is 13.6 Å². The topological polar surface area (TPSA) is 50.2 Å². The number of urea groups is 1. The van der Waals surface area contributed by atoms with E-state index in [9.17, 15) is 9.18 Å². The smallest absolute Gasteiger partial charge is 0.321 e. The van der Waals surface area contributed by atoms with Gasteiger partial charge in [-0.2, -0.15) is 5.10 Å². The number of aromatic nitrogens is 2. The van der Waals surface area contributed by atoms with E-state index < -0.39 is 0 Å². The van der Waals surface area contributed by atoms with Crippen LogP contribution in [0.4, 0.5) is 14.9 Å². The highest BCUT2D eigenvalue weighted by Gasteiger charge is 2.10. The molecule has 0 saturated heterocycles. The molecular formula is C13H15FN4O. The van der Waals surface area contributed by atoms with E-state index in [1.165, 1.54) is 17.0 Å². The Hall–Kier alpha value is -2.37. The quantitative estimate of drug-likeness (QED) is 0.922. The summed E-state index contributed by atoms with van der Waals surface area (Å²) in [4.78, 5) is 13.4. The molecule has 0 aliphatic rings. The lowest BCUT2D eigenvalue weighted by Gasteiger charge is -2.17. The summed E-state index contributed by atoms with van der Waals surface area (Å²) in [5, 5.41) is 6.67. The predicted octanol–water partition coefficient (Wildman–Crippen LogP) is 2.22. The minimum atomic E-state index is -0.307. The van der Waals surface area contributed by atoms with E-state index in [0.29, 0.717) is 12.2 Å². The number of hydrogen-bond donors (Lipinski definition) is 1. The second-order valence-electron chi connectivity index (χ2n) is 4.32. The Morgan fingerprint density at radius 2 is 2.32 bits per heavy atom.